The van der Waals surface area contributed by atoms with Gasteiger partial charge in [0.15, 0.2) is 17.3 Å². The quantitative estimate of drug-likeness (QED) is 0.909. The van der Waals surface area contributed by atoms with Crippen molar-refractivity contribution in [2.24, 2.45) is 5.73 Å². The van der Waals surface area contributed by atoms with Gasteiger partial charge in [0.25, 0.3) is 0 Å². The van der Waals surface area contributed by atoms with Crippen LogP contribution in [0.4, 0.5) is 10.1 Å². The molecule has 2 aromatic rings. The first-order valence-corrected chi connectivity index (χ1v) is 7.05. The summed E-state index contributed by atoms with van der Waals surface area (Å²) in [6.45, 7) is 4.42. The third kappa shape index (κ3) is 3.03. The number of hydrogen-bond acceptors (Lipinski definition) is 5. The Hall–Kier alpha value is -2.83. The average molecular weight is 317 g/mol. The molecule has 23 heavy (non-hydrogen) atoms. The number of anilines is 1. The second-order valence-corrected chi connectivity index (χ2v) is 5.82. The molecule has 0 fully saturated rings. The topological polar surface area (TPSA) is 86.5 Å². The van der Waals surface area contributed by atoms with Gasteiger partial charge in [0.1, 0.15) is 11.3 Å². The van der Waals surface area contributed by atoms with E-state index in [4.69, 9.17) is 15.2 Å². The van der Waals surface area contributed by atoms with Crippen molar-refractivity contribution < 1.29 is 18.7 Å². The van der Waals surface area contributed by atoms with Crippen molar-refractivity contribution in [3.8, 4) is 17.4 Å². The molecule has 0 unspecified atom stereocenters. The number of pyridine rings is 1. The van der Waals surface area contributed by atoms with Gasteiger partial charge in [-0.25, -0.2) is 9.37 Å². The van der Waals surface area contributed by atoms with Crippen LogP contribution in [0.2, 0.25) is 0 Å². The van der Waals surface area contributed by atoms with Gasteiger partial charge in [-0.3, -0.25) is 4.79 Å². The van der Waals surface area contributed by atoms with Gasteiger partial charge < -0.3 is 20.5 Å². The number of nitrogens with two attached hydrogens (primary N) is 1. The summed E-state index contributed by atoms with van der Waals surface area (Å²) >= 11 is 0. The molecule has 0 spiro atoms. The van der Waals surface area contributed by atoms with Crippen molar-refractivity contribution >= 4 is 11.6 Å². The van der Waals surface area contributed by atoms with E-state index in [1.54, 1.807) is 6.07 Å². The molecule has 7 heteroatoms. The number of rotatable bonds is 3. The minimum atomic E-state index is -0.700. The lowest BCUT2D eigenvalue weighted by Gasteiger charge is -2.33. The Kier molecular flexibility index (Phi) is 3.55. The third-order valence-corrected chi connectivity index (χ3v) is 3.38. The van der Waals surface area contributed by atoms with Gasteiger partial charge in [-0.15, -0.1) is 0 Å². The fourth-order valence-electron chi connectivity index (χ4n) is 2.21. The fraction of sp³-hybridized carbons (Fsp3) is 0.250. The standard InChI is InChI=1S/C16H16FN3O3/c1-16(2)8-20-13-12(5-6-19-15(13)23-16)22-11-4-3-9(14(18)21)7-10(11)17/h3-7,20H,8H2,1-2H3,(H2,18,21). The maximum Gasteiger partial charge on any atom is 0.248 e. The lowest BCUT2D eigenvalue weighted by atomic mass is 10.1. The van der Waals surface area contributed by atoms with Crippen LogP contribution in [-0.4, -0.2) is 23.0 Å². The van der Waals surface area contributed by atoms with E-state index in [1.165, 1.54) is 18.3 Å². The van der Waals surface area contributed by atoms with E-state index in [1.807, 2.05) is 13.8 Å². The van der Waals surface area contributed by atoms with Crippen LogP contribution < -0.4 is 20.5 Å². The first-order chi connectivity index (χ1) is 10.9. The second-order valence-electron chi connectivity index (χ2n) is 5.82. The first kappa shape index (κ1) is 15.1. The summed E-state index contributed by atoms with van der Waals surface area (Å²) in [7, 11) is 0. The van der Waals surface area contributed by atoms with Gasteiger partial charge in [0.2, 0.25) is 11.8 Å². The Bertz CT molecular complexity index is 777. The zero-order valence-corrected chi connectivity index (χ0v) is 12.7. The van der Waals surface area contributed by atoms with Gasteiger partial charge >= 0.3 is 0 Å². The molecule has 0 saturated carbocycles. The molecule has 2 heterocycles. The second kappa shape index (κ2) is 5.42. The minimum Gasteiger partial charge on any atom is -0.468 e. The number of ether oxygens (including phenoxy) is 2. The lowest BCUT2D eigenvalue weighted by Crippen LogP contribution is -2.40. The number of nitrogens with one attached hydrogen (secondary N) is 1. The largest absolute Gasteiger partial charge is 0.468 e. The van der Waals surface area contributed by atoms with E-state index in [0.717, 1.165) is 6.07 Å². The smallest absolute Gasteiger partial charge is 0.248 e. The van der Waals surface area contributed by atoms with Crippen LogP contribution in [0, 0.1) is 5.82 Å². The Balaban J connectivity index is 1.91. The van der Waals surface area contributed by atoms with Crippen molar-refractivity contribution in [2.75, 3.05) is 11.9 Å². The van der Waals surface area contributed by atoms with E-state index in [0.29, 0.717) is 23.9 Å². The molecule has 0 bridgehead atoms. The number of fused-ring (bicyclic) bond motifs is 1. The van der Waals surface area contributed by atoms with E-state index < -0.39 is 17.3 Å². The summed E-state index contributed by atoms with van der Waals surface area (Å²) in [6.07, 6.45) is 1.52. The summed E-state index contributed by atoms with van der Waals surface area (Å²) in [5.74, 6) is -0.614. The van der Waals surface area contributed by atoms with Gasteiger partial charge in [-0.2, -0.15) is 0 Å². The highest BCUT2D eigenvalue weighted by atomic mass is 19.1. The van der Waals surface area contributed by atoms with E-state index in [2.05, 4.69) is 10.3 Å². The summed E-state index contributed by atoms with van der Waals surface area (Å²) in [5, 5.41) is 3.18. The molecule has 1 aromatic carbocycles. The molecular formula is C16H16FN3O3. The number of nitrogens with zero attached hydrogens (tertiary/aromatic N) is 1. The summed E-state index contributed by atoms with van der Waals surface area (Å²) < 4.78 is 25.4. The number of halogens is 1. The van der Waals surface area contributed by atoms with Gasteiger partial charge in [-0.1, -0.05) is 0 Å². The normalized spacial score (nSPS) is 15.1. The number of hydrogen-bond donors (Lipinski definition) is 2. The van der Waals surface area contributed by atoms with E-state index in [9.17, 15) is 9.18 Å². The van der Waals surface area contributed by atoms with Gasteiger partial charge in [-0.05, 0) is 32.0 Å². The molecule has 0 radical (unpaired) electrons. The van der Waals surface area contributed by atoms with Crippen molar-refractivity contribution in [3.63, 3.8) is 0 Å². The van der Waals surface area contributed by atoms with Crippen LogP contribution in [0.15, 0.2) is 30.5 Å². The molecular weight excluding hydrogens is 301 g/mol. The molecule has 1 aromatic heterocycles. The summed E-state index contributed by atoms with van der Waals surface area (Å²) in [4.78, 5) is 15.2. The number of primary amides is 1. The molecule has 1 amide bonds. The molecule has 120 valence electrons. The van der Waals surface area contributed by atoms with Crippen molar-refractivity contribution in [3.05, 3.63) is 41.8 Å². The highest BCUT2D eigenvalue weighted by Crippen LogP contribution is 2.40. The minimum absolute atomic E-state index is 0.0185. The summed E-state index contributed by atoms with van der Waals surface area (Å²) in [5.41, 5.74) is 5.36. The molecule has 3 rings (SSSR count). The number of carbonyl (C=O) groups is 1. The van der Waals surface area contributed by atoms with Crippen LogP contribution in [0.1, 0.15) is 24.2 Å². The highest BCUT2D eigenvalue weighted by Gasteiger charge is 2.29. The zero-order chi connectivity index (χ0) is 16.6. The first-order valence-electron chi connectivity index (χ1n) is 7.05. The Morgan fingerprint density at radius 1 is 1.39 bits per heavy atom. The monoisotopic (exact) mass is 317 g/mol. The van der Waals surface area contributed by atoms with E-state index in [-0.39, 0.29) is 11.3 Å². The number of carbonyl (C=O) groups excluding carboxylic acids is 1. The zero-order valence-electron chi connectivity index (χ0n) is 12.7. The fourth-order valence-corrected chi connectivity index (χ4v) is 2.21. The SMILES string of the molecule is CC1(C)CNc2c(Oc3ccc(C(N)=O)cc3F)ccnc2O1. The van der Waals surface area contributed by atoms with E-state index >= 15 is 0 Å². The van der Waals surface area contributed by atoms with Crippen molar-refractivity contribution in [2.45, 2.75) is 19.4 Å². The molecule has 0 aliphatic carbocycles. The molecule has 6 nitrogen and oxygen atoms in total. The molecule has 1 aliphatic heterocycles. The highest BCUT2D eigenvalue weighted by molar-refractivity contribution is 5.92. The molecule has 0 saturated heterocycles. The maximum atomic E-state index is 14.1. The average Bonchev–Trinajstić information content (AvgIpc) is 2.48. The van der Waals surface area contributed by atoms with Crippen LogP contribution in [0.25, 0.3) is 0 Å². The van der Waals surface area contributed by atoms with Gasteiger partial charge in [0, 0.05) is 17.8 Å². The maximum absolute atomic E-state index is 14.1. The number of amides is 1. The number of aromatic nitrogens is 1. The lowest BCUT2D eigenvalue weighted by molar-refractivity contribution is 0.0999. The summed E-state index contributed by atoms with van der Waals surface area (Å²) in [6, 6.07) is 5.41. The third-order valence-electron chi connectivity index (χ3n) is 3.38. The predicted octanol–water partition coefficient (Wildman–Crippen LogP) is 2.69. The Labute approximate surface area is 132 Å². The molecule has 3 N–H and O–H groups in total. The van der Waals surface area contributed by atoms with Crippen LogP contribution in [0.3, 0.4) is 0 Å². The Morgan fingerprint density at radius 3 is 2.87 bits per heavy atom. The predicted molar refractivity (Wildman–Crippen MR) is 82.4 cm³/mol. The van der Waals surface area contributed by atoms with Crippen LogP contribution in [0.5, 0.6) is 17.4 Å². The molecule has 0 atom stereocenters. The molecule has 1 aliphatic rings. The van der Waals surface area contributed by atoms with Gasteiger partial charge in [0.05, 0.1) is 6.54 Å². The van der Waals surface area contributed by atoms with Crippen LogP contribution >= 0.6 is 0 Å². The van der Waals surface area contributed by atoms with Crippen molar-refractivity contribution in [1.29, 1.82) is 0 Å². The number of benzene rings is 1. The van der Waals surface area contributed by atoms with Crippen molar-refractivity contribution in [1.82, 2.24) is 4.98 Å². The van der Waals surface area contributed by atoms with Crippen LogP contribution in [-0.2, 0) is 0 Å². The Morgan fingerprint density at radius 2 is 2.17 bits per heavy atom.